The van der Waals surface area contributed by atoms with Gasteiger partial charge in [-0.05, 0) is 13.8 Å². The Bertz CT molecular complexity index is 262. The second-order valence-corrected chi connectivity index (χ2v) is 3.17. The van der Waals surface area contributed by atoms with Crippen molar-refractivity contribution in [2.75, 3.05) is 13.2 Å². The second kappa shape index (κ2) is 5.72. The molecule has 1 aromatic heterocycles. The Labute approximate surface area is 83.8 Å². The molecule has 0 saturated heterocycles. The zero-order valence-corrected chi connectivity index (χ0v) is 8.91. The minimum atomic E-state index is 0.300. The topological polar surface area (TPSA) is 60.2 Å². The largest absolute Gasteiger partial charge is 0.380 e. The smallest absolute Gasteiger partial charge is 0.223 e. The van der Waals surface area contributed by atoms with Crippen molar-refractivity contribution in [3.05, 3.63) is 11.7 Å². The van der Waals surface area contributed by atoms with Gasteiger partial charge in [-0.15, -0.1) is 0 Å². The maximum Gasteiger partial charge on any atom is 0.223 e. The summed E-state index contributed by atoms with van der Waals surface area (Å²) < 4.78 is 10.1. The summed E-state index contributed by atoms with van der Waals surface area (Å²) in [6.45, 7) is 7.88. The molecule has 0 aliphatic carbocycles. The molecule has 5 nitrogen and oxygen atoms in total. The van der Waals surface area contributed by atoms with Crippen molar-refractivity contribution >= 4 is 0 Å². The summed E-state index contributed by atoms with van der Waals surface area (Å²) in [7, 11) is 0. The zero-order chi connectivity index (χ0) is 10.4. The van der Waals surface area contributed by atoms with Gasteiger partial charge in [-0.2, -0.15) is 4.98 Å². The Kier molecular flexibility index (Phi) is 4.55. The summed E-state index contributed by atoms with van der Waals surface area (Å²) in [5.74, 6) is 1.28. The fourth-order valence-electron chi connectivity index (χ4n) is 1.03. The van der Waals surface area contributed by atoms with E-state index in [0.29, 0.717) is 30.9 Å². The van der Waals surface area contributed by atoms with Gasteiger partial charge in [-0.3, -0.25) is 0 Å². The lowest BCUT2D eigenvalue weighted by Gasteiger charge is -2.11. The summed E-state index contributed by atoms with van der Waals surface area (Å²) in [6, 6.07) is 0.300. The molecule has 1 N–H and O–H groups in total. The molecule has 0 bridgehead atoms. The predicted molar refractivity (Wildman–Crippen MR) is 51.8 cm³/mol. The van der Waals surface area contributed by atoms with Crippen molar-refractivity contribution in [1.29, 1.82) is 0 Å². The van der Waals surface area contributed by atoms with E-state index in [1.807, 2.05) is 6.92 Å². The lowest BCUT2D eigenvalue weighted by Crippen LogP contribution is -2.30. The van der Waals surface area contributed by atoms with Crippen LogP contribution in [-0.2, 0) is 11.3 Å². The highest BCUT2D eigenvalue weighted by atomic mass is 16.5. The number of hydrogen-bond acceptors (Lipinski definition) is 5. The lowest BCUT2D eigenvalue weighted by atomic mass is 10.3. The van der Waals surface area contributed by atoms with E-state index >= 15 is 0 Å². The van der Waals surface area contributed by atoms with Crippen LogP contribution in [0.2, 0.25) is 0 Å². The van der Waals surface area contributed by atoms with Gasteiger partial charge in [0.1, 0.15) is 0 Å². The third-order valence-electron chi connectivity index (χ3n) is 1.75. The van der Waals surface area contributed by atoms with Crippen LogP contribution in [0.3, 0.4) is 0 Å². The van der Waals surface area contributed by atoms with Gasteiger partial charge in [-0.25, -0.2) is 0 Å². The maximum absolute atomic E-state index is 5.26. The summed E-state index contributed by atoms with van der Waals surface area (Å²) in [6.07, 6.45) is 0. The van der Waals surface area contributed by atoms with Gasteiger partial charge in [-0.1, -0.05) is 5.16 Å². The first-order valence-electron chi connectivity index (χ1n) is 4.82. The molecule has 1 unspecified atom stereocenters. The van der Waals surface area contributed by atoms with Crippen molar-refractivity contribution in [3.8, 4) is 0 Å². The number of rotatable bonds is 6. The number of aryl methyl sites for hydroxylation is 1. The highest BCUT2D eigenvalue weighted by Gasteiger charge is 2.04. The Morgan fingerprint density at radius 2 is 2.36 bits per heavy atom. The fraction of sp³-hybridized carbons (Fsp3) is 0.778. The van der Waals surface area contributed by atoms with Gasteiger partial charge >= 0.3 is 0 Å². The molecule has 1 atom stereocenters. The Morgan fingerprint density at radius 1 is 1.57 bits per heavy atom. The van der Waals surface area contributed by atoms with Crippen LogP contribution < -0.4 is 5.32 Å². The number of aromatic nitrogens is 2. The van der Waals surface area contributed by atoms with E-state index in [1.54, 1.807) is 6.92 Å². The van der Waals surface area contributed by atoms with Gasteiger partial charge in [0, 0.05) is 19.6 Å². The molecule has 1 aromatic rings. The molecule has 0 amide bonds. The van der Waals surface area contributed by atoms with Crippen LogP contribution in [0.4, 0.5) is 0 Å². The Morgan fingerprint density at radius 3 is 2.93 bits per heavy atom. The number of nitrogens with zero attached hydrogens (tertiary/aromatic N) is 2. The Balaban J connectivity index is 2.20. The van der Waals surface area contributed by atoms with E-state index in [2.05, 4.69) is 22.4 Å². The summed E-state index contributed by atoms with van der Waals surface area (Å²) in [5.41, 5.74) is 0. The van der Waals surface area contributed by atoms with Crippen molar-refractivity contribution in [1.82, 2.24) is 15.5 Å². The van der Waals surface area contributed by atoms with Crippen molar-refractivity contribution in [2.45, 2.75) is 33.4 Å². The van der Waals surface area contributed by atoms with Crippen LogP contribution in [0.15, 0.2) is 4.52 Å². The SMILES string of the molecule is CCOCC(C)NCc1noc(C)n1. The average Bonchev–Trinajstić information content (AvgIpc) is 2.58. The lowest BCUT2D eigenvalue weighted by molar-refractivity contribution is 0.126. The van der Waals surface area contributed by atoms with Gasteiger partial charge in [0.15, 0.2) is 5.82 Å². The van der Waals surface area contributed by atoms with Crippen LogP contribution in [0.1, 0.15) is 25.6 Å². The number of nitrogens with one attached hydrogen (secondary N) is 1. The molecule has 0 fully saturated rings. The van der Waals surface area contributed by atoms with E-state index in [1.165, 1.54) is 0 Å². The van der Waals surface area contributed by atoms with Crippen molar-refractivity contribution in [2.24, 2.45) is 0 Å². The highest BCUT2D eigenvalue weighted by Crippen LogP contribution is 1.95. The molecule has 0 aliphatic rings. The zero-order valence-electron chi connectivity index (χ0n) is 8.91. The third kappa shape index (κ3) is 3.85. The Hall–Kier alpha value is -0.940. The quantitative estimate of drug-likeness (QED) is 0.737. The normalized spacial score (nSPS) is 13.1. The molecular weight excluding hydrogens is 182 g/mol. The summed E-state index contributed by atoms with van der Waals surface area (Å²) >= 11 is 0. The fourth-order valence-corrected chi connectivity index (χ4v) is 1.03. The standard InChI is InChI=1S/C9H17N3O2/c1-4-13-6-7(2)10-5-9-11-8(3)14-12-9/h7,10H,4-6H2,1-3H3. The van der Waals surface area contributed by atoms with Crippen LogP contribution in [-0.4, -0.2) is 29.4 Å². The van der Waals surface area contributed by atoms with Crippen molar-refractivity contribution < 1.29 is 9.26 Å². The molecule has 0 saturated carbocycles. The first kappa shape index (κ1) is 11.1. The summed E-state index contributed by atoms with van der Waals surface area (Å²) in [4.78, 5) is 4.08. The highest BCUT2D eigenvalue weighted by molar-refractivity contribution is 4.83. The maximum atomic E-state index is 5.26. The number of hydrogen-bond donors (Lipinski definition) is 1. The minimum absolute atomic E-state index is 0.300. The molecule has 0 radical (unpaired) electrons. The van der Waals surface area contributed by atoms with Gasteiger partial charge in [0.05, 0.1) is 13.2 Å². The van der Waals surface area contributed by atoms with Gasteiger partial charge < -0.3 is 14.6 Å². The number of ether oxygens (including phenoxy) is 1. The van der Waals surface area contributed by atoms with Crippen LogP contribution in [0.25, 0.3) is 0 Å². The molecule has 0 aromatic carbocycles. The molecule has 0 spiro atoms. The first-order chi connectivity index (χ1) is 6.72. The molecular formula is C9H17N3O2. The first-order valence-corrected chi connectivity index (χ1v) is 4.82. The van der Waals surface area contributed by atoms with Crippen LogP contribution >= 0.6 is 0 Å². The molecule has 1 rings (SSSR count). The summed E-state index contributed by atoms with van der Waals surface area (Å²) in [5, 5.41) is 7.02. The second-order valence-electron chi connectivity index (χ2n) is 3.17. The van der Waals surface area contributed by atoms with E-state index in [4.69, 9.17) is 9.26 Å². The monoisotopic (exact) mass is 199 g/mol. The van der Waals surface area contributed by atoms with Crippen LogP contribution in [0, 0.1) is 6.92 Å². The minimum Gasteiger partial charge on any atom is -0.380 e. The molecule has 14 heavy (non-hydrogen) atoms. The van der Waals surface area contributed by atoms with E-state index in [0.717, 1.165) is 6.61 Å². The van der Waals surface area contributed by atoms with E-state index in [9.17, 15) is 0 Å². The van der Waals surface area contributed by atoms with E-state index < -0.39 is 0 Å². The third-order valence-corrected chi connectivity index (χ3v) is 1.75. The average molecular weight is 199 g/mol. The predicted octanol–water partition coefficient (Wildman–Crippen LogP) is 0.893. The van der Waals surface area contributed by atoms with Gasteiger partial charge in [0.2, 0.25) is 5.89 Å². The van der Waals surface area contributed by atoms with E-state index in [-0.39, 0.29) is 0 Å². The van der Waals surface area contributed by atoms with Crippen LogP contribution in [0.5, 0.6) is 0 Å². The molecule has 80 valence electrons. The molecule has 1 heterocycles. The van der Waals surface area contributed by atoms with Gasteiger partial charge in [0.25, 0.3) is 0 Å². The molecule has 0 aliphatic heterocycles. The van der Waals surface area contributed by atoms with Crippen molar-refractivity contribution in [3.63, 3.8) is 0 Å². The molecule has 5 heteroatoms.